The van der Waals surface area contributed by atoms with Crippen LogP contribution in [-0.4, -0.2) is 38.2 Å². The highest BCUT2D eigenvalue weighted by Crippen LogP contribution is 2.22. The first-order chi connectivity index (χ1) is 10.2. The Morgan fingerprint density at radius 3 is 2.62 bits per heavy atom. The van der Waals surface area contributed by atoms with E-state index in [2.05, 4.69) is 27.1 Å². The number of piperidine rings is 1. The summed E-state index contributed by atoms with van der Waals surface area (Å²) in [4.78, 5) is 6.89. The number of aromatic nitrogens is 4. The molecule has 0 amide bonds. The number of aliphatic hydroxyl groups is 1. The first kappa shape index (κ1) is 14.0. The van der Waals surface area contributed by atoms with Crippen molar-refractivity contribution in [3.8, 4) is 5.69 Å². The van der Waals surface area contributed by atoms with Gasteiger partial charge in [0.25, 0.3) is 0 Å². The Hall–Kier alpha value is -1.95. The molecule has 6 heteroatoms. The SMILES string of the molecule is Cc1c(CO)nnn1-c1ccc(N2CCC(C)CC2)nc1. The van der Waals surface area contributed by atoms with Gasteiger partial charge in [0.2, 0.25) is 0 Å². The predicted octanol–water partition coefficient (Wildman–Crippen LogP) is 1.70. The molecule has 0 radical (unpaired) electrons. The molecule has 112 valence electrons. The Kier molecular flexibility index (Phi) is 3.88. The van der Waals surface area contributed by atoms with Crippen molar-refractivity contribution in [2.24, 2.45) is 5.92 Å². The average Bonchev–Trinajstić information content (AvgIpc) is 2.89. The number of anilines is 1. The monoisotopic (exact) mass is 287 g/mol. The van der Waals surface area contributed by atoms with E-state index in [1.165, 1.54) is 12.8 Å². The summed E-state index contributed by atoms with van der Waals surface area (Å²) in [6, 6.07) is 4.04. The number of nitrogens with zero attached hydrogens (tertiary/aromatic N) is 5. The van der Waals surface area contributed by atoms with Crippen molar-refractivity contribution in [1.82, 2.24) is 20.0 Å². The lowest BCUT2D eigenvalue weighted by Gasteiger charge is -2.31. The predicted molar refractivity (Wildman–Crippen MR) is 80.4 cm³/mol. The molecule has 21 heavy (non-hydrogen) atoms. The van der Waals surface area contributed by atoms with Crippen LogP contribution in [0.5, 0.6) is 0 Å². The zero-order valence-corrected chi connectivity index (χ0v) is 12.5. The number of pyridine rings is 1. The van der Waals surface area contributed by atoms with E-state index in [4.69, 9.17) is 0 Å². The molecule has 0 aliphatic carbocycles. The van der Waals surface area contributed by atoms with E-state index < -0.39 is 0 Å². The highest BCUT2D eigenvalue weighted by atomic mass is 16.3. The molecular formula is C15H21N5O. The van der Waals surface area contributed by atoms with Crippen LogP contribution in [0.1, 0.15) is 31.2 Å². The summed E-state index contributed by atoms with van der Waals surface area (Å²) in [6.45, 7) is 6.25. The van der Waals surface area contributed by atoms with Crippen LogP contribution < -0.4 is 4.90 Å². The highest BCUT2D eigenvalue weighted by Gasteiger charge is 2.17. The average molecular weight is 287 g/mol. The van der Waals surface area contributed by atoms with Crippen molar-refractivity contribution in [2.45, 2.75) is 33.3 Å². The third-order valence-electron chi connectivity index (χ3n) is 4.22. The molecular weight excluding hydrogens is 266 g/mol. The fraction of sp³-hybridized carbons (Fsp3) is 0.533. The minimum atomic E-state index is -0.0939. The Morgan fingerprint density at radius 1 is 1.29 bits per heavy atom. The summed E-state index contributed by atoms with van der Waals surface area (Å²) in [5, 5.41) is 17.2. The lowest BCUT2D eigenvalue weighted by Crippen LogP contribution is -2.33. The minimum absolute atomic E-state index is 0.0939. The van der Waals surface area contributed by atoms with E-state index in [0.717, 1.165) is 36.2 Å². The second-order valence-corrected chi connectivity index (χ2v) is 5.74. The third-order valence-corrected chi connectivity index (χ3v) is 4.22. The second-order valence-electron chi connectivity index (χ2n) is 5.74. The Labute approximate surface area is 124 Å². The van der Waals surface area contributed by atoms with Gasteiger partial charge in [-0.15, -0.1) is 5.10 Å². The molecule has 1 saturated heterocycles. The Morgan fingerprint density at radius 2 is 2.05 bits per heavy atom. The van der Waals surface area contributed by atoms with Gasteiger partial charge in [-0.25, -0.2) is 9.67 Å². The summed E-state index contributed by atoms with van der Waals surface area (Å²) >= 11 is 0. The largest absolute Gasteiger partial charge is 0.390 e. The maximum absolute atomic E-state index is 9.18. The molecule has 0 atom stereocenters. The van der Waals surface area contributed by atoms with Crippen molar-refractivity contribution in [3.05, 3.63) is 29.7 Å². The molecule has 0 bridgehead atoms. The van der Waals surface area contributed by atoms with Gasteiger partial charge in [-0.05, 0) is 37.8 Å². The molecule has 1 fully saturated rings. The zero-order valence-electron chi connectivity index (χ0n) is 12.5. The first-order valence-corrected chi connectivity index (χ1v) is 7.42. The molecule has 0 unspecified atom stereocenters. The van der Waals surface area contributed by atoms with Gasteiger partial charge in [0.1, 0.15) is 11.5 Å². The van der Waals surface area contributed by atoms with Crippen molar-refractivity contribution in [1.29, 1.82) is 0 Å². The van der Waals surface area contributed by atoms with Crippen LogP contribution in [0.2, 0.25) is 0 Å². The summed E-state index contributed by atoms with van der Waals surface area (Å²) < 4.78 is 1.71. The normalized spacial score (nSPS) is 16.4. The van der Waals surface area contributed by atoms with Crippen molar-refractivity contribution < 1.29 is 5.11 Å². The van der Waals surface area contributed by atoms with Crippen LogP contribution >= 0.6 is 0 Å². The quantitative estimate of drug-likeness (QED) is 0.930. The molecule has 2 aromatic rings. The number of rotatable bonds is 3. The number of aliphatic hydroxyl groups excluding tert-OH is 1. The van der Waals surface area contributed by atoms with E-state index in [0.29, 0.717) is 5.69 Å². The first-order valence-electron chi connectivity index (χ1n) is 7.42. The van der Waals surface area contributed by atoms with Gasteiger partial charge in [-0.3, -0.25) is 0 Å². The molecule has 1 aliphatic heterocycles. The van der Waals surface area contributed by atoms with Crippen LogP contribution in [0.4, 0.5) is 5.82 Å². The van der Waals surface area contributed by atoms with Crippen molar-refractivity contribution in [3.63, 3.8) is 0 Å². The summed E-state index contributed by atoms with van der Waals surface area (Å²) in [5.74, 6) is 1.83. The van der Waals surface area contributed by atoms with Gasteiger partial charge in [-0.1, -0.05) is 12.1 Å². The molecule has 1 aliphatic rings. The summed E-state index contributed by atoms with van der Waals surface area (Å²) in [5.41, 5.74) is 2.32. The van der Waals surface area contributed by atoms with Crippen LogP contribution in [0.3, 0.4) is 0 Å². The lowest BCUT2D eigenvalue weighted by molar-refractivity contribution is 0.276. The molecule has 1 N–H and O–H groups in total. The zero-order chi connectivity index (χ0) is 14.8. The lowest BCUT2D eigenvalue weighted by atomic mass is 9.99. The van der Waals surface area contributed by atoms with Crippen molar-refractivity contribution >= 4 is 5.82 Å². The van der Waals surface area contributed by atoms with Crippen LogP contribution in [0.15, 0.2) is 18.3 Å². The molecule has 0 aromatic carbocycles. The maximum atomic E-state index is 9.18. The van der Waals surface area contributed by atoms with Gasteiger partial charge in [-0.2, -0.15) is 0 Å². The number of hydrogen-bond acceptors (Lipinski definition) is 5. The second kappa shape index (κ2) is 5.81. The molecule has 0 saturated carbocycles. The molecule has 3 heterocycles. The van der Waals surface area contributed by atoms with Gasteiger partial charge >= 0.3 is 0 Å². The van der Waals surface area contributed by atoms with Gasteiger partial charge in [0.15, 0.2) is 0 Å². The smallest absolute Gasteiger partial charge is 0.128 e. The molecule has 6 nitrogen and oxygen atoms in total. The summed E-state index contributed by atoms with van der Waals surface area (Å²) in [7, 11) is 0. The minimum Gasteiger partial charge on any atom is -0.390 e. The Balaban J connectivity index is 1.79. The van der Waals surface area contributed by atoms with E-state index in [-0.39, 0.29) is 6.61 Å². The van der Waals surface area contributed by atoms with Crippen LogP contribution in [0, 0.1) is 12.8 Å². The number of hydrogen-bond donors (Lipinski definition) is 1. The fourth-order valence-electron chi connectivity index (χ4n) is 2.68. The van der Waals surface area contributed by atoms with Gasteiger partial charge in [0.05, 0.1) is 24.2 Å². The molecule has 0 spiro atoms. The third kappa shape index (κ3) is 2.76. The summed E-state index contributed by atoms with van der Waals surface area (Å²) in [6.07, 6.45) is 4.27. The maximum Gasteiger partial charge on any atom is 0.128 e. The van der Waals surface area contributed by atoms with Crippen LogP contribution in [0.25, 0.3) is 5.69 Å². The van der Waals surface area contributed by atoms with Crippen LogP contribution in [-0.2, 0) is 6.61 Å². The Bertz CT molecular complexity index is 599. The van der Waals surface area contributed by atoms with E-state index in [9.17, 15) is 5.11 Å². The van der Waals surface area contributed by atoms with Gasteiger partial charge in [0, 0.05) is 13.1 Å². The van der Waals surface area contributed by atoms with E-state index in [1.54, 1.807) is 4.68 Å². The van der Waals surface area contributed by atoms with E-state index in [1.807, 2.05) is 25.3 Å². The van der Waals surface area contributed by atoms with Crippen molar-refractivity contribution in [2.75, 3.05) is 18.0 Å². The molecule has 3 rings (SSSR count). The fourth-order valence-corrected chi connectivity index (χ4v) is 2.68. The van der Waals surface area contributed by atoms with E-state index >= 15 is 0 Å². The highest BCUT2D eigenvalue weighted by molar-refractivity contribution is 5.43. The van der Waals surface area contributed by atoms with Gasteiger partial charge < -0.3 is 10.0 Å². The molecule has 2 aromatic heterocycles. The standard InChI is InChI=1S/C15H21N5O/c1-11-5-7-19(8-6-11)15-4-3-13(9-16-15)20-12(2)14(10-21)17-18-20/h3-4,9,11,21H,5-8,10H2,1-2H3. The topological polar surface area (TPSA) is 67.1 Å².